The van der Waals surface area contributed by atoms with Crippen molar-refractivity contribution in [1.82, 2.24) is 0 Å². The average molecular weight is 262 g/mol. The van der Waals surface area contributed by atoms with Crippen LogP contribution < -0.4 is 0 Å². The Morgan fingerprint density at radius 3 is 2.95 bits per heavy atom. The molecule has 102 valence electrons. The zero-order chi connectivity index (χ0) is 13.8. The van der Waals surface area contributed by atoms with Crippen LogP contribution >= 0.6 is 0 Å². The van der Waals surface area contributed by atoms with Crippen LogP contribution in [0.2, 0.25) is 0 Å². The van der Waals surface area contributed by atoms with Gasteiger partial charge in [0.05, 0.1) is 24.4 Å². The fourth-order valence-corrected chi connectivity index (χ4v) is 4.11. The molecule has 0 bridgehead atoms. The highest BCUT2D eigenvalue weighted by Gasteiger charge is 2.67. The highest BCUT2D eigenvalue weighted by Crippen LogP contribution is 2.62. The molecule has 2 aliphatic carbocycles. The molecule has 0 N–H and O–H groups in total. The fraction of sp³-hybridized carbons (Fsp3) is 0.600. The summed E-state index contributed by atoms with van der Waals surface area (Å²) in [6.07, 6.45) is 3.59. The normalized spacial score (nSPS) is 36.8. The minimum absolute atomic E-state index is 0.0252. The number of hydrogen-bond donors (Lipinski definition) is 0. The Labute approximate surface area is 112 Å². The first-order valence-electron chi connectivity index (χ1n) is 6.67. The summed E-state index contributed by atoms with van der Waals surface area (Å²) in [5, 5.41) is 0. The van der Waals surface area contributed by atoms with Gasteiger partial charge in [0.15, 0.2) is 5.78 Å². The molecule has 19 heavy (non-hydrogen) atoms. The Bertz CT molecular complexity index is 558. The van der Waals surface area contributed by atoms with Crippen LogP contribution in [0.15, 0.2) is 16.7 Å². The molecule has 1 saturated carbocycles. The van der Waals surface area contributed by atoms with E-state index in [0.29, 0.717) is 17.7 Å². The predicted octanol–water partition coefficient (Wildman–Crippen LogP) is 2.61. The molecule has 1 heterocycles. The third-order valence-corrected chi connectivity index (χ3v) is 5.38. The minimum Gasteiger partial charge on any atom is -0.469 e. The molecule has 3 rings (SSSR count). The van der Waals surface area contributed by atoms with Crippen LogP contribution in [0.4, 0.5) is 0 Å². The van der Waals surface area contributed by atoms with Crippen molar-refractivity contribution in [2.45, 2.75) is 33.1 Å². The molecule has 1 fully saturated rings. The number of furan rings is 1. The predicted molar refractivity (Wildman–Crippen MR) is 67.7 cm³/mol. The summed E-state index contributed by atoms with van der Waals surface area (Å²) in [5.74, 6) is 0.487. The van der Waals surface area contributed by atoms with Crippen molar-refractivity contribution in [2.75, 3.05) is 7.11 Å². The minimum atomic E-state index is -0.774. The van der Waals surface area contributed by atoms with Crippen molar-refractivity contribution >= 4 is 11.8 Å². The van der Waals surface area contributed by atoms with Gasteiger partial charge in [0.25, 0.3) is 0 Å². The molecular formula is C15H18O4. The standard InChI is InChI=1S/C15H18O4/c1-9-4-6-14(2)12(16)10-5-7-19-11(10)8-15(9,14)13(17)18-3/h5,7,9H,4,6,8H2,1-3H3/t9-,14+,15+/m1/s1. The quantitative estimate of drug-likeness (QED) is 0.730. The lowest BCUT2D eigenvalue weighted by Gasteiger charge is -2.45. The van der Waals surface area contributed by atoms with Gasteiger partial charge >= 0.3 is 5.97 Å². The highest BCUT2D eigenvalue weighted by molar-refractivity contribution is 6.06. The number of hydrogen-bond acceptors (Lipinski definition) is 4. The molecule has 0 radical (unpaired) electrons. The first-order chi connectivity index (χ1) is 8.97. The SMILES string of the molecule is COC(=O)[C@@]12Cc3occc3C(=O)[C@]1(C)CC[C@H]2C. The molecule has 0 amide bonds. The van der Waals surface area contributed by atoms with Gasteiger partial charge in [-0.15, -0.1) is 0 Å². The number of fused-ring (bicyclic) bond motifs is 2. The maximum atomic E-state index is 12.8. The van der Waals surface area contributed by atoms with Crippen molar-refractivity contribution in [3.8, 4) is 0 Å². The van der Waals surface area contributed by atoms with Crippen LogP contribution in [-0.2, 0) is 16.0 Å². The summed E-state index contributed by atoms with van der Waals surface area (Å²) in [7, 11) is 1.39. The Morgan fingerprint density at radius 2 is 2.26 bits per heavy atom. The van der Waals surface area contributed by atoms with Crippen molar-refractivity contribution in [3.05, 3.63) is 23.7 Å². The van der Waals surface area contributed by atoms with E-state index in [0.717, 1.165) is 12.8 Å². The second-order valence-corrected chi connectivity index (χ2v) is 6.00. The Balaban J connectivity index is 2.24. The van der Waals surface area contributed by atoms with Gasteiger partial charge in [0.2, 0.25) is 0 Å². The van der Waals surface area contributed by atoms with Crippen molar-refractivity contribution in [2.24, 2.45) is 16.7 Å². The number of ketones is 1. The highest BCUT2D eigenvalue weighted by atomic mass is 16.5. The van der Waals surface area contributed by atoms with Crippen LogP contribution in [0.25, 0.3) is 0 Å². The zero-order valence-corrected chi connectivity index (χ0v) is 11.5. The van der Waals surface area contributed by atoms with Crippen LogP contribution in [0.1, 0.15) is 42.8 Å². The average Bonchev–Trinajstić information content (AvgIpc) is 2.96. The molecule has 2 aliphatic rings. The molecule has 1 aromatic heterocycles. The van der Waals surface area contributed by atoms with E-state index in [1.54, 1.807) is 6.07 Å². The lowest BCUT2D eigenvalue weighted by molar-refractivity contribution is -0.161. The Kier molecular flexibility index (Phi) is 2.43. The summed E-state index contributed by atoms with van der Waals surface area (Å²) in [5.41, 5.74) is -0.809. The van der Waals surface area contributed by atoms with E-state index in [1.165, 1.54) is 13.4 Å². The maximum Gasteiger partial charge on any atom is 0.313 e. The number of methoxy groups -OCH3 is 1. The van der Waals surface area contributed by atoms with Crippen molar-refractivity contribution in [3.63, 3.8) is 0 Å². The molecule has 0 unspecified atom stereocenters. The first-order valence-corrected chi connectivity index (χ1v) is 6.67. The third-order valence-electron chi connectivity index (χ3n) is 5.38. The largest absolute Gasteiger partial charge is 0.469 e. The van der Waals surface area contributed by atoms with Crippen LogP contribution in [0.5, 0.6) is 0 Å². The molecule has 0 spiro atoms. The van der Waals surface area contributed by atoms with E-state index in [1.807, 2.05) is 13.8 Å². The number of esters is 1. The Hall–Kier alpha value is -1.58. The van der Waals surface area contributed by atoms with Gasteiger partial charge in [-0.2, -0.15) is 0 Å². The van der Waals surface area contributed by atoms with Crippen molar-refractivity contribution < 1.29 is 18.7 Å². The summed E-state index contributed by atoms with van der Waals surface area (Å²) in [4.78, 5) is 25.2. The maximum absolute atomic E-state index is 12.8. The second-order valence-electron chi connectivity index (χ2n) is 6.00. The smallest absolute Gasteiger partial charge is 0.313 e. The third kappa shape index (κ3) is 1.24. The van der Waals surface area contributed by atoms with Gasteiger partial charge < -0.3 is 9.15 Å². The molecule has 0 aromatic carbocycles. The topological polar surface area (TPSA) is 56.5 Å². The lowest BCUT2D eigenvalue weighted by atomic mass is 9.55. The van der Waals surface area contributed by atoms with Gasteiger partial charge in [0.1, 0.15) is 5.76 Å². The Morgan fingerprint density at radius 1 is 1.53 bits per heavy atom. The van der Waals surface area contributed by atoms with E-state index in [4.69, 9.17) is 9.15 Å². The molecular weight excluding hydrogens is 244 g/mol. The monoisotopic (exact) mass is 262 g/mol. The van der Waals surface area contributed by atoms with Gasteiger partial charge in [-0.1, -0.05) is 13.8 Å². The van der Waals surface area contributed by atoms with Gasteiger partial charge in [-0.05, 0) is 24.8 Å². The molecule has 4 nitrogen and oxygen atoms in total. The number of ether oxygens (including phenoxy) is 1. The van der Waals surface area contributed by atoms with E-state index >= 15 is 0 Å². The summed E-state index contributed by atoms with van der Waals surface area (Å²) >= 11 is 0. The van der Waals surface area contributed by atoms with Crippen LogP contribution in [0.3, 0.4) is 0 Å². The van der Waals surface area contributed by atoms with Crippen LogP contribution in [-0.4, -0.2) is 18.9 Å². The number of carbonyl (C=O) groups excluding carboxylic acids is 2. The fourth-order valence-electron chi connectivity index (χ4n) is 4.11. The van der Waals surface area contributed by atoms with Crippen LogP contribution in [0, 0.1) is 16.7 Å². The molecule has 1 aromatic rings. The van der Waals surface area contributed by atoms with Gasteiger partial charge in [0, 0.05) is 11.8 Å². The summed E-state index contributed by atoms with van der Waals surface area (Å²) in [6, 6.07) is 1.72. The van der Waals surface area contributed by atoms with E-state index in [9.17, 15) is 9.59 Å². The number of Topliss-reactive ketones (excluding diaryl/α,β-unsaturated/α-hetero) is 1. The lowest BCUT2D eigenvalue weighted by Crippen LogP contribution is -2.54. The molecule has 3 atom stereocenters. The van der Waals surface area contributed by atoms with Crippen molar-refractivity contribution in [1.29, 1.82) is 0 Å². The zero-order valence-electron chi connectivity index (χ0n) is 11.5. The molecule has 0 aliphatic heterocycles. The van der Waals surface area contributed by atoms with Gasteiger partial charge in [-0.3, -0.25) is 9.59 Å². The second kappa shape index (κ2) is 3.71. The van der Waals surface area contributed by atoms with Gasteiger partial charge in [-0.25, -0.2) is 0 Å². The molecule has 4 heteroatoms. The van der Waals surface area contributed by atoms with E-state index in [-0.39, 0.29) is 17.7 Å². The number of rotatable bonds is 1. The summed E-state index contributed by atoms with van der Waals surface area (Å²) < 4.78 is 10.5. The number of carbonyl (C=O) groups is 2. The summed E-state index contributed by atoms with van der Waals surface area (Å²) in [6.45, 7) is 3.94. The molecule has 0 saturated heterocycles. The van der Waals surface area contributed by atoms with E-state index < -0.39 is 10.8 Å². The first kappa shape index (κ1) is 12.5. The van der Waals surface area contributed by atoms with E-state index in [2.05, 4.69) is 0 Å².